The molecular formula is C66H50N2. The maximum atomic E-state index is 2.56. The molecule has 324 valence electrons. The van der Waals surface area contributed by atoms with Gasteiger partial charge in [0.1, 0.15) is 0 Å². The molecule has 2 heteroatoms. The van der Waals surface area contributed by atoms with Crippen LogP contribution in [-0.2, 0) is 0 Å². The van der Waals surface area contributed by atoms with Gasteiger partial charge in [-0.25, -0.2) is 0 Å². The van der Waals surface area contributed by atoms with Gasteiger partial charge in [-0.3, -0.25) is 0 Å². The molecule has 4 aliphatic carbocycles. The van der Waals surface area contributed by atoms with E-state index in [2.05, 4.69) is 244 Å². The summed E-state index contributed by atoms with van der Waals surface area (Å²) in [5.41, 5.74) is 20.6. The number of hydrogen-bond donors (Lipinski definition) is 0. The molecule has 0 aromatic heterocycles. The Labute approximate surface area is 398 Å². The second-order valence-corrected chi connectivity index (χ2v) is 19.9. The number of fused-ring (bicyclic) bond motifs is 6. The van der Waals surface area contributed by atoms with Crippen LogP contribution in [0.4, 0.5) is 28.4 Å². The van der Waals surface area contributed by atoms with Gasteiger partial charge in [0.15, 0.2) is 0 Å². The van der Waals surface area contributed by atoms with Crippen molar-refractivity contribution in [2.24, 2.45) is 5.92 Å². The topological polar surface area (TPSA) is 6.48 Å². The Hall–Kier alpha value is -7.94. The predicted molar refractivity (Wildman–Crippen MR) is 289 cm³/mol. The van der Waals surface area contributed by atoms with Gasteiger partial charge in [0.25, 0.3) is 0 Å². The first-order valence-corrected chi connectivity index (χ1v) is 24.5. The number of nitrogens with zero attached hydrogens (tertiary/aromatic N) is 2. The summed E-state index contributed by atoms with van der Waals surface area (Å²) in [5, 5.41) is 10.2. The highest BCUT2D eigenvalue weighted by atomic mass is 15.2. The van der Waals surface area contributed by atoms with Crippen molar-refractivity contribution in [2.75, 3.05) is 9.80 Å². The Balaban J connectivity index is 0.999. The van der Waals surface area contributed by atoms with Crippen molar-refractivity contribution < 1.29 is 0 Å². The SMILES string of the molecule is CC(C)c1ccc(N(C2=C3C=CC=C4c5ccccc5C(C=C2)C43)c2ccc3ccc4c(N(c5ccc(C(C)C)cc5)c5ccc6c7c(cccc57)-c5ccccc5-6)ccc5ccc2c3c54)cc1. The number of benzene rings is 10. The van der Waals surface area contributed by atoms with Crippen molar-refractivity contribution in [1.29, 1.82) is 0 Å². The highest BCUT2D eigenvalue weighted by Crippen LogP contribution is 2.57. The summed E-state index contributed by atoms with van der Waals surface area (Å²) in [5.74, 6) is 1.48. The normalized spacial score (nSPS) is 16.4. The molecule has 0 saturated heterocycles. The second-order valence-electron chi connectivity index (χ2n) is 19.9. The van der Waals surface area contributed by atoms with Crippen molar-refractivity contribution in [1.82, 2.24) is 0 Å². The van der Waals surface area contributed by atoms with Crippen LogP contribution in [0.2, 0.25) is 0 Å². The Morgan fingerprint density at radius 2 is 0.926 bits per heavy atom. The molecule has 10 aromatic carbocycles. The number of rotatable bonds is 8. The minimum absolute atomic E-state index is 0.276. The fourth-order valence-electron chi connectivity index (χ4n) is 12.4. The maximum absolute atomic E-state index is 2.56. The number of anilines is 5. The van der Waals surface area contributed by atoms with Crippen LogP contribution in [0, 0.1) is 5.92 Å². The number of allylic oxidation sites excluding steroid dienone is 7. The molecule has 2 unspecified atom stereocenters. The minimum atomic E-state index is 0.276. The maximum Gasteiger partial charge on any atom is 0.0540 e. The molecule has 68 heavy (non-hydrogen) atoms. The molecule has 2 nitrogen and oxygen atoms in total. The van der Waals surface area contributed by atoms with E-state index in [1.165, 1.54) is 127 Å². The summed E-state index contributed by atoms with van der Waals surface area (Å²) in [6.45, 7) is 9.11. The third-order valence-electron chi connectivity index (χ3n) is 15.7. The standard InChI is InChI=1S/C66H50N2/c1-39(2)41-19-27-45(28-20-41)67(61-37-33-53-49-13-7-5-11-47(49)51-15-9-17-55(61)65(51)53)59-35-25-43-24-32-58-60(36-26-44-23-31-57(59)63(43)64(44)58)68(46-29-21-42(22-30-46)40(3)4)62-38-34-54-50-14-8-6-12-48(50)52-16-10-18-56(62)66(52)54/h5-40,53,65H,1-4H3. The van der Waals surface area contributed by atoms with Crippen LogP contribution < -0.4 is 9.80 Å². The zero-order chi connectivity index (χ0) is 45.4. The third-order valence-corrected chi connectivity index (χ3v) is 15.7. The highest BCUT2D eigenvalue weighted by Gasteiger charge is 2.41. The Morgan fingerprint density at radius 1 is 0.412 bits per heavy atom. The summed E-state index contributed by atoms with van der Waals surface area (Å²) in [7, 11) is 0. The Kier molecular flexibility index (Phi) is 8.53. The van der Waals surface area contributed by atoms with Crippen LogP contribution in [-0.4, -0.2) is 0 Å². The average Bonchev–Trinajstić information content (AvgIpc) is 3.89. The Morgan fingerprint density at radius 3 is 1.56 bits per heavy atom. The molecule has 0 spiro atoms. The Bertz CT molecular complexity index is 3830. The smallest absolute Gasteiger partial charge is 0.0540 e. The molecule has 0 heterocycles. The second kappa shape index (κ2) is 14.8. The molecule has 14 rings (SSSR count). The van der Waals surface area contributed by atoms with Crippen molar-refractivity contribution >= 4 is 77.1 Å². The van der Waals surface area contributed by atoms with Crippen molar-refractivity contribution in [2.45, 2.75) is 45.4 Å². The first-order valence-electron chi connectivity index (χ1n) is 24.5. The van der Waals surface area contributed by atoms with Crippen LogP contribution in [0.3, 0.4) is 0 Å². The summed E-state index contributed by atoms with van der Waals surface area (Å²) < 4.78 is 0. The van der Waals surface area contributed by atoms with E-state index in [1.54, 1.807) is 0 Å². The molecule has 0 amide bonds. The van der Waals surface area contributed by atoms with E-state index in [9.17, 15) is 0 Å². The first kappa shape index (κ1) is 39.2. The van der Waals surface area contributed by atoms with Crippen molar-refractivity contribution in [3.05, 3.63) is 240 Å². The first-order chi connectivity index (χ1) is 33.4. The molecular weight excluding hydrogens is 821 g/mol. The molecule has 0 bridgehead atoms. The summed E-state index contributed by atoms with van der Waals surface area (Å²) in [6, 6.07) is 67.0. The molecule has 0 radical (unpaired) electrons. The summed E-state index contributed by atoms with van der Waals surface area (Å²) >= 11 is 0. The van der Waals surface area contributed by atoms with Crippen LogP contribution in [0.5, 0.6) is 0 Å². The van der Waals surface area contributed by atoms with E-state index in [0.29, 0.717) is 17.8 Å². The molecule has 2 atom stereocenters. The molecule has 0 fully saturated rings. The summed E-state index contributed by atoms with van der Waals surface area (Å²) in [4.78, 5) is 5.09. The molecule has 0 saturated carbocycles. The monoisotopic (exact) mass is 870 g/mol. The van der Waals surface area contributed by atoms with Crippen molar-refractivity contribution in [3.63, 3.8) is 0 Å². The van der Waals surface area contributed by atoms with E-state index in [1.807, 2.05) is 0 Å². The lowest BCUT2D eigenvalue weighted by molar-refractivity contribution is 0.709. The average molecular weight is 871 g/mol. The lowest BCUT2D eigenvalue weighted by Gasteiger charge is -2.36. The van der Waals surface area contributed by atoms with Crippen LogP contribution in [0.15, 0.2) is 218 Å². The fraction of sp³-hybridized carbons (Fsp3) is 0.121. The molecule has 4 aliphatic rings. The fourth-order valence-corrected chi connectivity index (χ4v) is 12.4. The van der Waals surface area contributed by atoms with E-state index in [-0.39, 0.29) is 5.92 Å². The number of hydrogen-bond acceptors (Lipinski definition) is 2. The zero-order valence-corrected chi connectivity index (χ0v) is 38.8. The van der Waals surface area contributed by atoms with Gasteiger partial charge < -0.3 is 9.80 Å². The van der Waals surface area contributed by atoms with Gasteiger partial charge in [-0.15, -0.1) is 0 Å². The lowest BCUT2D eigenvalue weighted by Crippen LogP contribution is -2.24. The van der Waals surface area contributed by atoms with Crippen LogP contribution in [0.1, 0.15) is 67.7 Å². The summed E-state index contributed by atoms with van der Waals surface area (Å²) in [6.07, 6.45) is 11.9. The van der Waals surface area contributed by atoms with E-state index in [0.717, 1.165) is 5.69 Å². The minimum Gasteiger partial charge on any atom is -0.310 e. The van der Waals surface area contributed by atoms with E-state index in [4.69, 9.17) is 0 Å². The van der Waals surface area contributed by atoms with Crippen LogP contribution in [0.25, 0.3) is 70.9 Å². The molecule has 10 aromatic rings. The quantitative estimate of drug-likeness (QED) is 0.140. The molecule has 0 N–H and O–H groups in total. The predicted octanol–water partition coefficient (Wildman–Crippen LogP) is 18.4. The lowest BCUT2D eigenvalue weighted by atomic mass is 9.77. The third kappa shape index (κ3) is 5.58. The van der Waals surface area contributed by atoms with E-state index < -0.39 is 0 Å². The zero-order valence-electron chi connectivity index (χ0n) is 38.8. The van der Waals surface area contributed by atoms with Gasteiger partial charge >= 0.3 is 0 Å². The van der Waals surface area contributed by atoms with Crippen molar-refractivity contribution in [3.8, 4) is 22.3 Å². The highest BCUT2D eigenvalue weighted by molar-refractivity contribution is 6.28. The van der Waals surface area contributed by atoms with Gasteiger partial charge in [-0.2, -0.15) is 0 Å². The van der Waals surface area contributed by atoms with Gasteiger partial charge in [-0.05, 0) is 143 Å². The van der Waals surface area contributed by atoms with Gasteiger partial charge in [0.2, 0.25) is 0 Å². The largest absolute Gasteiger partial charge is 0.310 e. The van der Waals surface area contributed by atoms with Gasteiger partial charge in [-0.1, -0.05) is 185 Å². The van der Waals surface area contributed by atoms with Gasteiger partial charge in [0, 0.05) is 45.1 Å². The molecule has 0 aliphatic heterocycles. The van der Waals surface area contributed by atoms with E-state index >= 15 is 0 Å². The van der Waals surface area contributed by atoms with Crippen LogP contribution >= 0.6 is 0 Å². The van der Waals surface area contributed by atoms with Gasteiger partial charge in [0.05, 0.1) is 17.1 Å².